The molecular formula is C26H27N3O4. The number of aryl methyl sites for hydroxylation is 1. The third kappa shape index (κ3) is 4.82. The number of benzene rings is 2. The molecule has 0 bridgehead atoms. The average Bonchev–Trinajstić information content (AvgIpc) is 3.16. The first-order valence-corrected chi connectivity index (χ1v) is 10.9. The van der Waals surface area contributed by atoms with Crippen molar-refractivity contribution in [3.63, 3.8) is 0 Å². The van der Waals surface area contributed by atoms with Crippen molar-refractivity contribution < 1.29 is 19.1 Å². The zero-order chi connectivity index (χ0) is 23.4. The van der Waals surface area contributed by atoms with Gasteiger partial charge in [0.25, 0.3) is 5.91 Å². The summed E-state index contributed by atoms with van der Waals surface area (Å²) in [5.74, 6) is 1.23. The van der Waals surface area contributed by atoms with Gasteiger partial charge in [-0.15, -0.1) is 0 Å². The van der Waals surface area contributed by atoms with Gasteiger partial charge in [0.2, 0.25) is 5.91 Å². The highest BCUT2D eigenvalue weighted by molar-refractivity contribution is 6.03. The Kier molecular flexibility index (Phi) is 6.58. The quantitative estimate of drug-likeness (QED) is 0.567. The van der Waals surface area contributed by atoms with E-state index >= 15 is 0 Å². The molecule has 4 rings (SSSR count). The van der Waals surface area contributed by atoms with Crippen molar-refractivity contribution in [3.05, 3.63) is 83.0 Å². The summed E-state index contributed by atoms with van der Waals surface area (Å²) in [6.45, 7) is 4.73. The molecule has 0 saturated heterocycles. The number of nitrogens with one attached hydrogen (secondary N) is 1. The van der Waals surface area contributed by atoms with Gasteiger partial charge in [-0.2, -0.15) is 0 Å². The van der Waals surface area contributed by atoms with Crippen LogP contribution in [0.2, 0.25) is 0 Å². The van der Waals surface area contributed by atoms with E-state index in [1.165, 1.54) is 0 Å². The van der Waals surface area contributed by atoms with Crippen molar-refractivity contribution in [1.82, 2.24) is 9.88 Å². The van der Waals surface area contributed by atoms with E-state index in [1.807, 2.05) is 56.3 Å². The maximum atomic E-state index is 13.4. The topological polar surface area (TPSA) is 80.8 Å². The summed E-state index contributed by atoms with van der Waals surface area (Å²) < 4.78 is 11.1. The van der Waals surface area contributed by atoms with E-state index in [-0.39, 0.29) is 11.8 Å². The monoisotopic (exact) mass is 445 g/mol. The Bertz CT molecular complexity index is 1160. The normalized spacial score (nSPS) is 13.4. The Morgan fingerprint density at radius 3 is 2.67 bits per heavy atom. The number of nitrogens with zero attached hydrogens (tertiary/aromatic N) is 2. The maximum absolute atomic E-state index is 13.4. The molecule has 1 unspecified atom stereocenters. The molecule has 2 heterocycles. The molecule has 7 nitrogen and oxygen atoms in total. The van der Waals surface area contributed by atoms with Gasteiger partial charge < -0.3 is 19.7 Å². The van der Waals surface area contributed by atoms with E-state index < -0.39 is 6.04 Å². The number of ether oxygens (including phenoxy) is 2. The predicted molar refractivity (Wildman–Crippen MR) is 126 cm³/mol. The van der Waals surface area contributed by atoms with Crippen LogP contribution in [-0.2, 0) is 17.8 Å². The standard InChI is InChI=1S/C26H27N3O4/c1-4-33-22-11-10-18(14-23(22)32-3)13-21(25(30)28-24-12-9-17(2)15-27-24)29-16-19-7-5-6-8-20(19)26(29)31/h5-12,14-15,21H,4,13,16H2,1-3H3,(H,27,28,30). The van der Waals surface area contributed by atoms with E-state index in [0.29, 0.717) is 42.5 Å². The average molecular weight is 446 g/mol. The SMILES string of the molecule is CCOc1ccc(CC(C(=O)Nc2ccc(C)cn2)N2Cc3ccccc3C2=O)cc1OC. The van der Waals surface area contributed by atoms with Crippen molar-refractivity contribution in [2.75, 3.05) is 19.0 Å². The lowest BCUT2D eigenvalue weighted by Gasteiger charge is -2.27. The Balaban J connectivity index is 1.63. The zero-order valence-corrected chi connectivity index (χ0v) is 19.0. The van der Waals surface area contributed by atoms with Crippen molar-refractivity contribution in [1.29, 1.82) is 0 Å². The molecule has 2 aromatic carbocycles. The summed E-state index contributed by atoms with van der Waals surface area (Å²) >= 11 is 0. The van der Waals surface area contributed by atoms with Crippen LogP contribution < -0.4 is 14.8 Å². The van der Waals surface area contributed by atoms with Crippen LogP contribution in [0.4, 0.5) is 5.82 Å². The molecule has 1 aliphatic rings. The van der Waals surface area contributed by atoms with Crippen LogP contribution >= 0.6 is 0 Å². The number of fused-ring (bicyclic) bond motifs is 1. The van der Waals surface area contributed by atoms with Crippen LogP contribution in [0, 0.1) is 6.92 Å². The summed E-state index contributed by atoms with van der Waals surface area (Å²) in [5.41, 5.74) is 3.40. The molecule has 3 aromatic rings. The van der Waals surface area contributed by atoms with E-state index in [1.54, 1.807) is 30.3 Å². The van der Waals surface area contributed by atoms with Crippen LogP contribution in [0.1, 0.15) is 34.0 Å². The number of carbonyl (C=O) groups is 2. The molecule has 0 aliphatic carbocycles. The highest BCUT2D eigenvalue weighted by atomic mass is 16.5. The molecule has 1 aromatic heterocycles. The zero-order valence-electron chi connectivity index (χ0n) is 19.0. The molecule has 2 amide bonds. The molecule has 1 aliphatic heterocycles. The van der Waals surface area contributed by atoms with Crippen LogP contribution in [0.3, 0.4) is 0 Å². The minimum Gasteiger partial charge on any atom is -0.493 e. The minimum atomic E-state index is -0.726. The van der Waals surface area contributed by atoms with Crippen molar-refractivity contribution >= 4 is 17.6 Å². The summed E-state index contributed by atoms with van der Waals surface area (Å²) in [5, 5.41) is 2.87. The molecule has 170 valence electrons. The number of methoxy groups -OCH3 is 1. The van der Waals surface area contributed by atoms with Gasteiger partial charge in [0, 0.05) is 24.7 Å². The number of aromatic nitrogens is 1. The van der Waals surface area contributed by atoms with Gasteiger partial charge in [0.15, 0.2) is 11.5 Å². The first-order valence-electron chi connectivity index (χ1n) is 10.9. The third-order valence-electron chi connectivity index (χ3n) is 5.65. The van der Waals surface area contributed by atoms with Crippen LogP contribution in [0.15, 0.2) is 60.8 Å². The molecule has 0 spiro atoms. The van der Waals surface area contributed by atoms with Gasteiger partial charge >= 0.3 is 0 Å². The molecule has 1 N–H and O–H groups in total. The number of pyridine rings is 1. The van der Waals surface area contributed by atoms with E-state index in [4.69, 9.17) is 9.47 Å². The highest BCUT2D eigenvalue weighted by Gasteiger charge is 2.36. The van der Waals surface area contributed by atoms with Gasteiger partial charge in [0.05, 0.1) is 13.7 Å². The summed E-state index contributed by atoms with van der Waals surface area (Å²) in [4.78, 5) is 32.5. The van der Waals surface area contributed by atoms with E-state index in [2.05, 4.69) is 10.3 Å². The maximum Gasteiger partial charge on any atom is 0.255 e. The molecule has 1 atom stereocenters. The number of hydrogen-bond acceptors (Lipinski definition) is 5. The second kappa shape index (κ2) is 9.73. The van der Waals surface area contributed by atoms with Gasteiger partial charge in [0.1, 0.15) is 11.9 Å². The van der Waals surface area contributed by atoms with E-state index in [9.17, 15) is 9.59 Å². The molecule has 0 radical (unpaired) electrons. The van der Waals surface area contributed by atoms with Gasteiger partial charge in [-0.1, -0.05) is 30.3 Å². The van der Waals surface area contributed by atoms with Crippen molar-refractivity contribution in [2.45, 2.75) is 32.9 Å². The fourth-order valence-electron chi connectivity index (χ4n) is 3.96. The van der Waals surface area contributed by atoms with Crippen LogP contribution in [0.5, 0.6) is 11.5 Å². The summed E-state index contributed by atoms with van der Waals surface area (Å²) in [7, 11) is 1.58. The summed E-state index contributed by atoms with van der Waals surface area (Å²) in [6, 6.07) is 15.9. The lowest BCUT2D eigenvalue weighted by Crippen LogP contribution is -2.45. The number of rotatable bonds is 8. The third-order valence-corrected chi connectivity index (χ3v) is 5.65. The van der Waals surface area contributed by atoms with Crippen LogP contribution in [-0.4, -0.2) is 41.5 Å². The van der Waals surface area contributed by atoms with Gasteiger partial charge in [-0.05, 0) is 54.8 Å². The molecule has 33 heavy (non-hydrogen) atoms. The van der Waals surface area contributed by atoms with Crippen LogP contribution in [0.25, 0.3) is 0 Å². The second-order valence-corrected chi connectivity index (χ2v) is 7.94. The Morgan fingerprint density at radius 1 is 1.15 bits per heavy atom. The fourth-order valence-corrected chi connectivity index (χ4v) is 3.96. The lowest BCUT2D eigenvalue weighted by molar-refractivity contribution is -0.120. The molecular weight excluding hydrogens is 418 g/mol. The molecule has 0 fully saturated rings. The number of anilines is 1. The lowest BCUT2D eigenvalue weighted by atomic mass is 10.0. The minimum absolute atomic E-state index is 0.152. The Morgan fingerprint density at radius 2 is 1.97 bits per heavy atom. The van der Waals surface area contributed by atoms with E-state index in [0.717, 1.165) is 16.7 Å². The molecule has 0 saturated carbocycles. The van der Waals surface area contributed by atoms with Crippen molar-refractivity contribution in [3.8, 4) is 11.5 Å². The Hall–Kier alpha value is -3.87. The number of amides is 2. The van der Waals surface area contributed by atoms with Gasteiger partial charge in [-0.3, -0.25) is 9.59 Å². The smallest absolute Gasteiger partial charge is 0.255 e. The predicted octanol–water partition coefficient (Wildman–Crippen LogP) is 4.00. The molecule has 7 heteroatoms. The van der Waals surface area contributed by atoms with Crippen molar-refractivity contribution in [2.24, 2.45) is 0 Å². The van der Waals surface area contributed by atoms with Gasteiger partial charge in [-0.25, -0.2) is 4.98 Å². The first-order chi connectivity index (χ1) is 16.0. The highest BCUT2D eigenvalue weighted by Crippen LogP contribution is 2.31. The number of carbonyl (C=O) groups excluding carboxylic acids is 2. The number of hydrogen-bond donors (Lipinski definition) is 1. The largest absolute Gasteiger partial charge is 0.493 e. The fraction of sp³-hybridized carbons (Fsp3) is 0.269. The summed E-state index contributed by atoms with van der Waals surface area (Å²) in [6.07, 6.45) is 2.01. The Labute approximate surface area is 193 Å². The second-order valence-electron chi connectivity index (χ2n) is 7.94. The first kappa shape index (κ1) is 22.3.